The first kappa shape index (κ1) is 9.76. The number of rotatable bonds is 2. The highest BCUT2D eigenvalue weighted by Gasteiger charge is 2.16. The first-order valence-corrected chi connectivity index (χ1v) is 5.99. The summed E-state index contributed by atoms with van der Waals surface area (Å²) in [7, 11) is 0. The van der Waals surface area contributed by atoms with Gasteiger partial charge in [-0.15, -0.1) is 0 Å². The van der Waals surface area contributed by atoms with Crippen LogP contribution in [0.3, 0.4) is 0 Å². The van der Waals surface area contributed by atoms with Crippen molar-refractivity contribution in [2.45, 2.75) is 51.4 Å². The Morgan fingerprint density at radius 2 is 2.07 bits per heavy atom. The minimum absolute atomic E-state index is 0.846. The van der Waals surface area contributed by atoms with Crippen LogP contribution in [-0.4, -0.2) is 0 Å². The molecule has 0 aromatic heterocycles. The lowest BCUT2D eigenvalue weighted by atomic mass is 9.89. The van der Waals surface area contributed by atoms with Gasteiger partial charge in [0.2, 0.25) is 0 Å². The van der Waals surface area contributed by atoms with Crippen molar-refractivity contribution in [2.24, 2.45) is 0 Å². The minimum atomic E-state index is 0.846. The zero-order chi connectivity index (χ0) is 9.80. The molecule has 0 fully saturated rings. The van der Waals surface area contributed by atoms with Crippen LogP contribution in [0.25, 0.3) is 0 Å². The lowest BCUT2D eigenvalue weighted by molar-refractivity contribution is 0.551. The van der Waals surface area contributed by atoms with Crippen LogP contribution in [0.5, 0.6) is 0 Å². The number of benzene rings is 1. The van der Waals surface area contributed by atoms with E-state index in [4.69, 9.17) is 0 Å². The van der Waals surface area contributed by atoms with Gasteiger partial charge in [0.25, 0.3) is 0 Å². The van der Waals surface area contributed by atoms with E-state index in [-0.39, 0.29) is 0 Å². The van der Waals surface area contributed by atoms with Gasteiger partial charge in [0, 0.05) is 0 Å². The average molecular weight is 188 g/mol. The van der Waals surface area contributed by atoms with Crippen molar-refractivity contribution >= 4 is 0 Å². The Balaban J connectivity index is 2.27. The van der Waals surface area contributed by atoms with Crippen molar-refractivity contribution in [3.05, 3.63) is 35.4 Å². The maximum atomic E-state index is 2.35. The molecule has 76 valence electrons. The summed E-state index contributed by atoms with van der Waals surface area (Å²) in [6.45, 7) is 2.30. The molecule has 1 aliphatic carbocycles. The molecule has 1 aliphatic rings. The first-order valence-electron chi connectivity index (χ1n) is 5.99. The van der Waals surface area contributed by atoms with Crippen molar-refractivity contribution in [1.82, 2.24) is 0 Å². The summed E-state index contributed by atoms with van der Waals surface area (Å²) < 4.78 is 0. The zero-order valence-corrected chi connectivity index (χ0v) is 9.13. The van der Waals surface area contributed by atoms with Crippen LogP contribution in [0.15, 0.2) is 24.3 Å². The molecule has 1 aromatic rings. The summed E-state index contributed by atoms with van der Waals surface area (Å²) in [6.07, 6.45) is 8.20. The van der Waals surface area contributed by atoms with Gasteiger partial charge in [-0.2, -0.15) is 0 Å². The van der Waals surface area contributed by atoms with Gasteiger partial charge in [-0.1, -0.05) is 44.0 Å². The molecule has 0 heteroatoms. The zero-order valence-electron chi connectivity index (χ0n) is 9.13. The molecule has 0 amide bonds. The van der Waals surface area contributed by atoms with Crippen molar-refractivity contribution in [3.8, 4) is 0 Å². The van der Waals surface area contributed by atoms with E-state index >= 15 is 0 Å². The smallest absolute Gasteiger partial charge is 0.0159 e. The first-order chi connectivity index (χ1) is 6.92. The molecule has 1 unspecified atom stereocenters. The molecule has 0 saturated carbocycles. The second-order valence-corrected chi connectivity index (χ2v) is 4.43. The molecule has 0 bridgehead atoms. The summed E-state index contributed by atoms with van der Waals surface area (Å²) in [5.74, 6) is 0.846. The third-order valence-electron chi connectivity index (χ3n) is 3.38. The lowest BCUT2D eigenvalue weighted by Crippen LogP contribution is -1.99. The van der Waals surface area contributed by atoms with Crippen LogP contribution in [-0.2, 0) is 6.42 Å². The summed E-state index contributed by atoms with van der Waals surface area (Å²) >= 11 is 0. The SMILES string of the molecule is CCCC1CCCCc2ccccc21. The van der Waals surface area contributed by atoms with Crippen molar-refractivity contribution in [1.29, 1.82) is 0 Å². The van der Waals surface area contributed by atoms with Crippen molar-refractivity contribution in [2.75, 3.05) is 0 Å². The molecule has 0 N–H and O–H groups in total. The van der Waals surface area contributed by atoms with Gasteiger partial charge in [0.05, 0.1) is 0 Å². The Hall–Kier alpha value is -0.780. The van der Waals surface area contributed by atoms with Crippen LogP contribution in [0, 0.1) is 0 Å². The third-order valence-corrected chi connectivity index (χ3v) is 3.38. The summed E-state index contributed by atoms with van der Waals surface area (Å²) in [4.78, 5) is 0. The van der Waals surface area contributed by atoms with E-state index < -0.39 is 0 Å². The van der Waals surface area contributed by atoms with E-state index in [9.17, 15) is 0 Å². The Kier molecular flexibility index (Phi) is 3.23. The van der Waals surface area contributed by atoms with Gasteiger partial charge in [0.1, 0.15) is 0 Å². The van der Waals surface area contributed by atoms with E-state index in [1.165, 1.54) is 38.5 Å². The second kappa shape index (κ2) is 4.63. The molecule has 1 atom stereocenters. The molecule has 14 heavy (non-hydrogen) atoms. The summed E-state index contributed by atoms with van der Waals surface area (Å²) in [6, 6.07) is 9.06. The number of aryl methyl sites for hydroxylation is 1. The Bertz CT molecular complexity index is 288. The number of fused-ring (bicyclic) bond motifs is 1. The molecule has 0 nitrogen and oxygen atoms in total. The molecule has 0 spiro atoms. The Morgan fingerprint density at radius 3 is 2.93 bits per heavy atom. The molecule has 0 radical (unpaired) electrons. The van der Waals surface area contributed by atoms with Crippen molar-refractivity contribution in [3.63, 3.8) is 0 Å². The highest BCUT2D eigenvalue weighted by Crippen LogP contribution is 2.33. The van der Waals surface area contributed by atoms with Crippen molar-refractivity contribution < 1.29 is 0 Å². The van der Waals surface area contributed by atoms with Crippen LogP contribution >= 0.6 is 0 Å². The second-order valence-electron chi connectivity index (χ2n) is 4.43. The van der Waals surface area contributed by atoms with E-state index in [2.05, 4.69) is 31.2 Å². The minimum Gasteiger partial charge on any atom is -0.0654 e. The summed E-state index contributed by atoms with van der Waals surface area (Å²) in [5.41, 5.74) is 3.26. The fourth-order valence-electron chi connectivity index (χ4n) is 2.67. The fraction of sp³-hybridized carbons (Fsp3) is 0.571. The van der Waals surface area contributed by atoms with E-state index in [0.717, 1.165) is 5.92 Å². The molecule has 0 heterocycles. The fourth-order valence-corrected chi connectivity index (χ4v) is 2.67. The van der Waals surface area contributed by atoms with Crippen LogP contribution in [0.4, 0.5) is 0 Å². The van der Waals surface area contributed by atoms with Gasteiger partial charge in [-0.3, -0.25) is 0 Å². The Labute approximate surface area is 87.3 Å². The predicted molar refractivity (Wildman–Crippen MR) is 61.6 cm³/mol. The molecule has 0 aliphatic heterocycles. The Morgan fingerprint density at radius 1 is 1.21 bits per heavy atom. The normalized spacial score (nSPS) is 21.4. The molecular weight excluding hydrogens is 168 g/mol. The predicted octanol–water partition coefficient (Wildman–Crippen LogP) is 4.30. The van der Waals surface area contributed by atoms with Gasteiger partial charge >= 0.3 is 0 Å². The van der Waals surface area contributed by atoms with Gasteiger partial charge in [-0.25, -0.2) is 0 Å². The van der Waals surface area contributed by atoms with Gasteiger partial charge in [0.15, 0.2) is 0 Å². The van der Waals surface area contributed by atoms with Crippen LogP contribution < -0.4 is 0 Å². The maximum absolute atomic E-state index is 2.35. The third kappa shape index (κ3) is 2.00. The van der Waals surface area contributed by atoms with E-state index in [1.54, 1.807) is 11.1 Å². The van der Waals surface area contributed by atoms with Gasteiger partial charge < -0.3 is 0 Å². The highest BCUT2D eigenvalue weighted by molar-refractivity contribution is 5.31. The molecule has 1 aromatic carbocycles. The lowest BCUT2D eigenvalue weighted by Gasteiger charge is -2.16. The monoisotopic (exact) mass is 188 g/mol. The van der Waals surface area contributed by atoms with Crippen LogP contribution in [0.1, 0.15) is 56.1 Å². The van der Waals surface area contributed by atoms with Gasteiger partial charge in [-0.05, 0) is 42.7 Å². The maximum Gasteiger partial charge on any atom is -0.0159 e. The molecule has 2 rings (SSSR count). The number of hydrogen-bond donors (Lipinski definition) is 0. The highest BCUT2D eigenvalue weighted by atomic mass is 14.2. The average Bonchev–Trinajstić information content (AvgIpc) is 2.42. The molecule has 0 saturated heterocycles. The van der Waals surface area contributed by atoms with E-state index in [1.807, 2.05) is 0 Å². The summed E-state index contributed by atoms with van der Waals surface area (Å²) in [5, 5.41) is 0. The standard InChI is InChI=1S/C14H20/c1-2-7-12-8-3-4-9-13-10-5-6-11-14(12)13/h5-6,10-12H,2-4,7-9H2,1H3. The van der Waals surface area contributed by atoms with E-state index in [0.29, 0.717) is 0 Å². The topological polar surface area (TPSA) is 0 Å². The quantitative estimate of drug-likeness (QED) is 0.607. The van der Waals surface area contributed by atoms with Crippen LogP contribution in [0.2, 0.25) is 0 Å². The largest absolute Gasteiger partial charge is 0.0654 e. The molecular formula is C14H20. The number of hydrogen-bond acceptors (Lipinski definition) is 0.